The Kier molecular flexibility index (Phi) is 4.79. The van der Waals surface area contributed by atoms with E-state index >= 15 is 0 Å². The molecule has 3 aromatic rings. The van der Waals surface area contributed by atoms with Gasteiger partial charge >= 0.3 is 5.97 Å². The number of carbonyl (C=O) groups excluding carboxylic acids is 1. The summed E-state index contributed by atoms with van der Waals surface area (Å²) in [6.45, 7) is 1.74. The van der Waals surface area contributed by atoms with E-state index in [0.29, 0.717) is 11.1 Å². The lowest BCUT2D eigenvalue weighted by Gasteiger charge is -2.13. The first-order valence-electron chi connectivity index (χ1n) is 7.84. The first-order chi connectivity index (χ1) is 12.8. The molecule has 3 rings (SSSR count). The van der Waals surface area contributed by atoms with Crippen LogP contribution in [0.4, 0.5) is 10.1 Å². The van der Waals surface area contributed by atoms with Crippen LogP contribution < -0.4 is 9.46 Å². The number of methoxy groups -OCH3 is 2. The van der Waals surface area contributed by atoms with E-state index in [1.807, 2.05) is 0 Å². The number of aryl methyl sites for hydroxylation is 1. The number of H-pyrrole nitrogens is 1. The molecule has 0 aliphatic carbocycles. The predicted molar refractivity (Wildman–Crippen MR) is 98.1 cm³/mol. The fourth-order valence-corrected chi connectivity index (χ4v) is 4.06. The number of aromatic nitrogens is 1. The number of sulfonamides is 1. The van der Waals surface area contributed by atoms with Gasteiger partial charge in [0.2, 0.25) is 0 Å². The van der Waals surface area contributed by atoms with Crippen molar-refractivity contribution in [2.75, 3.05) is 18.9 Å². The van der Waals surface area contributed by atoms with Crippen molar-refractivity contribution in [1.29, 1.82) is 0 Å². The third-order valence-electron chi connectivity index (χ3n) is 4.00. The van der Waals surface area contributed by atoms with Crippen molar-refractivity contribution in [2.24, 2.45) is 0 Å². The highest BCUT2D eigenvalue weighted by atomic mass is 32.2. The highest BCUT2D eigenvalue weighted by molar-refractivity contribution is 7.92. The van der Waals surface area contributed by atoms with E-state index in [2.05, 4.69) is 9.71 Å². The molecule has 9 heteroatoms. The Hall–Kier alpha value is -3.07. The van der Waals surface area contributed by atoms with Gasteiger partial charge < -0.3 is 14.5 Å². The van der Waals surface area contributed by atoms with Gasteiger partial charge in [-0.3, -0.25) is 4.72 Å². The minimum absolute atomic E-state index is 0.0973. The Bertz CT molecular complexity index is 1140. The highest BCUT2D eigenvalue weighted by Crippen LogP contribution is 2.33. The van der Waals surface area contributed by atoms with Crippen LogP contribution in [0.25, 0.3) is 10.9 Å². The molecule has 0 bridgehead atoms. The molecule has 1 heterocycles. The molecule has 0 radical (unpaired) electrons. The number of hydrogen-bond donors (Lipinski definition) is 2. The average molecular weight is 392 g/mol. The van der Waals surface area contributed by atoms with Gasteiger partial charge in [-0.2, -0.15) is 0 Å². The minimum Gasteiger partial charge on any atom is -0.495 e. The molecular weight excluding hydrogens is 375 g/mol. The summed E-state index contributed by atoms with van der Waals surface area (Å²) in [5, 5.41) is 0.200. The van der Waals surface area contributed by atoms with Crippen LogP contribution in [0.2, 0.25) is 0 Å². The number of esters is 1. The van der Waals surface area contributed by atoms with Crippen LogP contribution in [-0.4, -0.2) is 33.6 Å². The molecule has 0 fully saturated rings. The second-order valence-electron chi connectivity index (χ2n) is 5.82. The summed E-state index contributed by atoms with van der Waals surface area (Å²) in [5.41, 5.74) is 0.855. The standard InChI is InChI=1S/C18H17FN2O5S/c1-10-4-7-14(25-2)15(8-10)27(23,24)21-16-12-9-11(19)5-6-13(12)20-17(16)18(22)26-3/h4-9,20-21H,1-3H3. The maximum absolute atomic E-state index is 13.7. The summed E-state index contributed by atoms with van der Waals surface area (Å²) in [4.78, 5) is 14.7. The quantitative estimate of drug-likeness (QED) is 0.650. The minimum atomic E-state index is -4.14. The molecule has 0 unspecified atom stereocenters. The van der Waals surface area contributed by atoms with Crippen LogP contribution in [0.1, 0.15) is 16.1 Å². The molecule has 0 aliphatic heterocycles. The Morgan fingerprint density at radius 2 is 1.89 bits per heavy atom. The molecule has 0 saturated carbocycles. The third kappa shape index (κ3) is 3.45. The van der Waals surface area contributed by atoms with Crippen LogP contribution in [0, 0.1) is 12.7 Å². The number of nitrogens with one attached hydrogen (secondary N) is 2. The van der Waals surface area contributed by atoms with Crippen molar-refractivity contribution in [2.45, 2.75) is 11.8 Å². The van der Waals surface area contributed by atoms with Crippen molar-refractivity contribution in [3.8, 4) is 5.75 Å². The Morgan fingerprint density at radius 3 is 2.56 bits per heavy atom. The molecule has 1 aromatic heterocycles. The largest absolute Gasteiger partial charge is 0.495 e. The van der Waals surface area contributed by atoms with Crippen molar-refractivity contribution in [3.63, 3.8) is 0 Å². The smallest absolute Gasteiger partial charge is 0.356 e. The number of ether oxygens (including phenoxy) is 2. The third-order valence-corrected chi connectivity index (χ3v) is 5.37. The fourth-order valence-electron chi connectivity index (χ4n) is 2.71. The molecule has 0 saturated heterocycles. The summed E-state index contributed by atoms with van der Waals surface area (Å²) in [7, 11) is -1.63. The van der Waals surface area contributed by atoms with E-state index in [9.17, 15) is 17.6 Å². The van der Waals surface area contributed by atoms with Gasteiger partial charge in [-0.05, 0) is 42.8 Å². The van der Waals surface area contributed by atoms with E-state index in [0.717, 1.165) is 13.2 Å². The lowest BCUT2D eigenvalue weighted by molar-refractivity contribution is 0.0596. The molecule has 0 spiro atoms. The van der Waals surface area contributed by atoms with Crippen LogP contribution >= 0.6 is 0 Å². The summed E-state index contributed by atoms with van der Waals surface area (Å²) < 4.78 is 51.8. The molecule has 27 heavy (non-hydrogen) atoms. The summed E-state index contributed by atoms with van der Waals surface area (Å²) >= 11 is 0. The van der Waals surface area contributed by atoms with Gasteiger partial charge in [0.25, 0.3) is 10.0 Å². The highest BCUT2D eigenvalue weighted by Gasteiger charge is 2.26. The zero-order valence-electron chi connectivity index (χ0n) is 14.8. The van der Waals surface area contributed by atoms with Crippen LogP contribution in [0.5, 0.6) is 5.75 Å². The van der Waals surface area contributed by atoms with Gasteiger partial charge in [-0.1, -0.05) is 6.07 Å². The second-order valence-corrected chi connectivity index (χ2v) is 7.47. The SMILES string of the molecule is COC(=O)c1[nH]c2ccc(F)cc2c1NS(=O)(=O)c1cc(C)ccc1OC. The number of carbonyl (C=O) groups is 1. The van der Waals surface area contributed by atoms with Crippen molar-refractivity contribution >= 4 is 32.6 Å². The molecule has 0 atom stereocenters. The monoisotopic (exact) mass is 392 g/mol. The number of hydrogen-bond acceptors (Lipinski definition) is 5. The van der Waals surface area contributed by atoms with Gasteiger partial charge in [-0.25, -0.2) is 17.6 Å². The number of rotatable bonds is 5. The Labute approximate surface area is 155 Å². The summed E-state index contributed by atoms with van der Waals surface area (Å²) in [6, 6.07) is 8.40. The predicted octanol–water partition coefficient (Wildman–Crippen LogP) is 3.21. The molecule has 0 aliphatic rings. The van der Waals surface area contributed by atoms with E-state index in [1.54, 1.807) is 13.0 Å². The van der Waals surface area contributed by atoms with E-state index in [-0.39, 0.29) is 27.4 Å². The number of fused-ring (bicyclic) bond motifs is 1. The zero-order valence-corrected chi connectivity index (χ0v) is 15.6. The maximum Gasteiger partial charge on any atom is 0.356 e. The Balaban J connectivity index is 2.19. The molecule has 2 aromatic carbocycles. The normalized spacial score (nSPS) is 11.4. The van der Waals surface area contributed by atoms with Gasteiger partial charge in [0.1, 0.15) is 16.5 Å². The summed E-state index contributed by atoms with van der Waals surface area (Å²) in [5.74, 6) is -1.23. The maximum atomic E-state index is 13.7. The van der Waals surface area contributed by atoms with Crippen LogP contribution in [-0.2, 0) is 14.8 Å². The summed E-state index contributed by atoms with van der Waals surface area (Å²) in [6.07, 6.45) is 0. The van der Waals surface area contributed by atoms with E-state index in [4.69, 9.17) is 9.47 Å². The lowest BCUT2D eigenvalue weighted by atomic mass is 10.2. The molecule has 0 amide bonds. The Morgan fingerprint density at radius 1 is 1.15 bits per heavy atom. The lowest BCUT2D eigenvalue weighted by Crippen LogP contribution is -2.16. The number of aromatic amines is 1. The number of anilines is 1. The molecule has 7 nitrogen and oxygen atoms in total. The molecular formula is C18H17FN2O5S. The van der Waals surface area contributed by atoms with Gasteiger partial charge in [0, 0.05) is 10.9 Å². The number of benzene rings is 2. The van der Waals surface area contributed by atoms with Crippen molar-refractivity contribution in [1.82, 2.24) is 4.98 Å². The van der Waals surface area contributed by atoms with Gasteiger partial charge in [0.05, 0.1) is 19.9 Å². The average Bonchev–Trinajstić information content (AvgIpc) is 2.98. The van der Waals surface area contributed by atoms with Crippen molar-refractivity contribution < 1.29 is 27.1 Å². The second kappa shape index (κ2) is 6.92. The molecule has 2 N–H and O–H groups in total. The molecule has 142 valence electrons. The first-order valence-corrected chi connectivity index (χ1v) is 9.32. The van der Waals surface area contributed by atoms with Gasteiger partial charge in [0.15, 0.2) is 5.69 Å². The van der Waals surface area contributed by atoms with Crippen molar-refractivity contribution in [3.05, 3.63) is 53.5 Å². The zero-order chi connectivity index (χ0) is 19.8. The van der Waals surface area contributed by atoms with E-state index in [1.165, 1.54) is 31.4 Å². The first kappa shape index (κ1) is 18.7. The van der Waals surface area contributed by atoms with Crippen LogP contribution in [0.3, 0.4) is 0 Å². The fraction of sp³-hybridized carbons (Fsp3) is 0.167. The number of halogens is 1. The van der Waals surface area contributed by atoms with Gasteiger partial charge in [-0.15, -0.1) is 0 Å². The van der Waals surface area contributed by atoms with E-state index < -0.39 is 21.8 Å². The van der Waals surface area contributed by atoms with Crippen LogP contribution in [0.15, 0.2) is 41.3 Å². The topological polar surface area (TPSA) is 97.5 Å².